The van der Waals surface area contributed by atoms with Crippen molar-refractivity contribution in [1.29, 1.82) is 0 Å². The number of benzene rings is 8. The minimum absolute atomic E-state index is 0.0243. The van der Waals surface area contributed by atoms with E-state index in [1.165, 1.54) is 64.5 Å². The fraction of sp³-hybridized carbons (Fsp3) is 0.138. The molecule has 0 saturated carbocycles. The number of hydrogen-bond acceptors (Lipinski definition) is 4. The lowest BCUT2D eigenvalue weighted by Crippen LogP contribution is -2.35. The van der Waals surface area contributed by atoms with Crippen LogP contribution < -0.4 is 20.5 Å². The maximum Gasteiger partial charge on any atom is 0.211 e. The Labute approximate surface area is 378 Å². The van der Waals surface area contributed by atoms with Crippen molar-refractivity contribution >= 4 is 111 Å². The van der Waals surface area contributed by atoms with Crippen molar-refractivity contribution in [2.75, 3.05) is 10.2 Å². The molecule has 0 unspecified atom stereocenters. The minimum Gasteiger partial charge on any atom is -0.456 e. The summed E-state index contributed by atoms with van der Waals surface area (Å²) in [5.41, 5.74) is 17.5. The second kappa shape index (κ2) is 14.3. The molecule has 0 atom stereocenters. The van der Waals surface area contributed by atoms with Crippen molar-refractivity contribution < 1.29 is 4.42 Å². The van der Waals surface area contributed by atoms with Crippen LogP contribution in [0.4, 0.5) is 28.4 Å². The lowest BCUT2D eigenvalue weighted by Gasteiger charge is -2.27. The summed E-state index contributed by atoms with van der Waals surface area (Å²) < 4.78 is 11.9. The van der Waals surface area contributed by atoms with Crippen LogP contribution in [0.1, 0.15) is 52.7 Å². The summed E-state index contributed by atoms with van der Waals surface area (Å²) >= 11 is 1.94. The van der Waals surface area contributed by atoms with E-state index in [0.29, 0.717) is 0 Å². The molecular weight excluding hydrogens is 798 g/mol. The minimum atomic E-state index is 0.0243. The van der Waals surface area contributed by atoms with Crippen LogP contribution in [0.5, 0.6) is 0 Å². The average Bonchev–Trinajstić information content (AvgIpc) is 3.95. The van der Waals surface area contributed by atoms with Gasteiger partial charge in [-0.2, -0.15) is 0 Å². The monoisotopic (exact) mass is 845 g/mol. The van der Waals surface area contributed by atoms with Crippen LogP contribution in [0.25, 0.3) is 70.6 Å². The number of para-hydroxylation sites is 3. The molecule has 6 heteroatoms. The molecule has 0 amide bonds. The predicted octanol–water partition coefficient (Wildman–Crippen LogP) is 15.1. The van der Waals surface area contributed by atoms with Gasteiger partial charge in [-0.05, 0) is 111 Å². The Hall–Kier alpha value is -7.02. The molecule has 0 fully saturated rings. The van der Waals surface area contributed by atoms with Gasteiger partial charge in [0.15, 0.2) is 0 Å². The Morgan fingerprint density at radius 1 is 0.531 bits per heavy atom. The fourth-order valence-corrected chi connectivity index (χ4v) is 11.2. The Morgan fingerprint density at radius 3 is 1.92 bits per heavy atom. The van der Waals surface area contributed by atoms with Gasteiger partial charge < -0.3 is 19.2 Å². The molecule has 12 rings (SSSR count). The predicted molar refractivity (Wildman–Crippen MR) is 277 cm³/mol. The zero-order valence-corrected chi connectivity index (χ0v) is 37.9. The first-order valence-corrected chi connectivity index (χ1v) is 23.2. The number of thiophene rings is 1. The number of rotatable bonds is 6. The van der Waals surface area contributed by atoms with E-state index in [-0.39, 0.29) is 10.8 Å². The average molecular weight is 846 g/mol. The third kappa shape index (κ3) is 6.18. The lowest BCUT2D eigenvalue weighted by molar-refractivity contribution is 0.590. The number of anilines is 5. The zero-order valence-electron chi connectivity index (χ0n) is 37.1. The summed E-state index contributed by atoms with van der Waals surface area (Å²) in [6.07, 6.45) is 0. The first-order valence-electron chi connectivity index (χ1n) is 22.4. The zero-order chi connectivity index (χ0) is 43.5. The van der Waals surface area contributed by atoms with Crippen molar-refractivity contribution in [1.82, 2.24) is 4.57 Å². The largest absolute Gasteiger partial charge is 0.456 e. The van der Waals surface area contributed by atoms with Crippen LogP contribution in [0.3, 0.4) is 0 Å². The summed E-state index contributed by atoms with van der Waals surface area (Å²) in [7, 11) is 0.837. The van der Waals surface area contributed by atoms with Crippen LogP contribution in [0.15, 0.2) is 174 Å². The van der Waals surface area contributed by atoms with E-state index in [4.69, 9.17) is 4.42 Å². The number of nitrogens with zero attached hydrogens (tertiary/aromatic N) is 2. The molecule has 0 saturated heterocycles. The van der Waals surface area contributed by atoms with Gasteiger partial charge >= 0.3 is 0 Å². The van der Waals surface area contributed by atoms with Gasteiger partial charge in [0.25, 0.3) is 0 Å². The van der Waals surface area contributed by atoms with Gasteiger partial charge in [-0.1, -0.05) is 133 Å². The van der Waals surface area contributed by atoms with Gasteiger partial charge in [0.2, 0.25) is 7.28 Å². The van der Waals surface area contributed by atoms with Crippen LogP contribution in [0, 0.1) is 0 Å². The molecule has 310 valence electrons. The van der Waals surface area contributed by atoms with Gasteiger partial charge in [-0.15, -0.1) is 11.3 Å². The van der Waals surface area contributed by atoms with Crippen molar-refractivity contribution in [2.45, 2.75) is 52.4 Å². The number of fused-ring (bicyclic) bond motifs is 10. The van der Waals surface area contributed by atoms with Crippen LogP contribution >= 0.6 is 11.3 Å². The van der Waals surface area contributed by atoms with E-state index in [0.717, 1.165) is 63.2 Å². The molecule has 4 heterocycles. The van der Waals surface area contributed by atoms with Crippen molar-refractivity contribution in [3.05, 3.63) is 181 Å². The molecule has 4 nitrogen and oxygen atoms in total. The second-order valence-electron chi connectivity index (χ2n) is 19.5. The summed E-state index contributed by atoms with van der Waals surface area (Å²) in [4.78, 5) is 2.34. The number of furan rings is 1. The SMILES string of the molecule is CC(C)(C)c1ccc(Nc2cc(N(c3ccccc3)c3ccccc3)ccc2-c2ccc3c4cc5c(cc4n4c3c2Bc2sc3ccc(C(C)(C)C)cc3c2-4)oc2ccccc25)cc1. The van der Waals surface area contributed by atoms with Crippen molar-refractivity contribution in [3.8, 4) is 16.8 Å². The smallest absolute Gasteiger partial charge is 0.211 e. The highest BCUT2D eigenvalue weighted by Crippen LogP contribution is 2.45. The first kappa shape index (κ1) is 38.6. The van der Waals surface area contributed by atoms with Gasteiger partial charge in [0.05, 0.1) is 11.2 Å². The van der Waals surface area contributed by atoms with Crippen molar-refractivity contribution in [2.24, 2.45) is 0 Å². The Balaban J connectivity index is 1.12. The Kier molecular flexibility index (Phi) is 8.60. The van der Waals surface area contributed by atoms with E-state index < -0.39 is 0 Å². The molecule has 11 aromatic rings. The second-order valence-corrected chi connectivity index (χ2v) is 20.6. The topological polar surface area (TPSA) is 33.3 Å². The third-order valence-corrected chi connectivity index (χ3v) is 14.5. The van der Waals surface area contributed by atoms with E-state index >= 15 is 0 Å². The third-order valence-electron chi connectivity index (χ3n) is 13.3. The summed E-state index contributed by atoms with van der Waals surface area (Å²) in [6.45, 7) is 13.7. The molecule has 1 N–H and O–H groups in total. The maximum absolute atomic E-state index is 6.59. The molecule has 8 aromatic carbocycles. The van der Waals surface area contributed by atoms with Gasteiger partial charge in [-0.25, -0.2) is 0 Å². The van der Waals surface area contributed by atoms with Crippen LogP contribution in [0.2, 0.25) is 0 Å². The van der Waals surface area contributed by atoms with Gasteiger partial charge in [-0.3, -0.25) is 0 Å². The molecule has 1 aliphatic rings. The molecule has 1 aliphatic heterocycles. The summed E-state index contributed by atoms with van der Waals surface area (Å²) in [5, 5.41) is 10.1. The number of hydrogen-bond donors (Lipinski definition) is 1. The van der Waals surface area contributed by atoms with E-state index in [1.54, 1.807) is 0 Å². The summed E-state index contributed by atoms with van der Waals surface area (Å²) in [5.74, 6) is 0. The molecular formula is C58H48BN3OS. The van der Waals surface area contributed by atoms with Crippen LogP contribution in [-0.2, 0) is 10.8 Å². The van der Waals surface area contributed by atoms with Crippen LogP contribution in [-0.4, -0.2) is 11.8 Å². The van der Waals surface area contributed by atoms with E-state index in [1.807, 2.05) is 11.3 Å². The summed E-state index contributed by atoms with van der Waals surface area (Å²) in [6, 6.07) is 62.2. The Morgan fingerprint density at radius 2 is 1.20 bits per heavy atom. The molecule has 0 spiro atoms. The molecule has 0 bridgehead atoms. The van der Waals surface area contributed by atoms with Gasteiger partial charge in [0.1, 0.15) is 11.2 Å². The standard InChI is InChI=1S/C58H48BN3OS/c1-57(2,3)35-21-24-37(25-22-35)60-48-32-40(61(38-15-9-7-10-16-38)39-17-11-8-12-18-39)26-27-41(48)43-28-29-44-45-33-46-42-19-13-14-20-50(42)63-51(46)34-49(45)62-54(44)53(43)59-56-55(62)47-31-36(58(4,5)6)23-30-52(47)64-56/h7-34,59-60H,1-6H3. The van der Waals surface area contributed by atoms with Crippen molar-refractivity contribution in [3.63, 3.8) is 0 Å². The first-order chi connectivity index (χ1) is 31.0. The highest BCUT2D eigenvalue weighted by atomic mass is 32.1. The lowest BCUT2D eigenvalue weighted by atomic mass is 9.63. The molecule has 3 aromatic heterocycles. The Bertz CT molecular complexity index is 3580. The quantitative estimate of drug-likeness (QED) is 0.169. The number of nitrogens with one attached hydrogen (secondary N) is 1. The highest BCUT2D eigenvalue weighted by Gasteiger charge is 2.31. The highest BCUT2D eigenvalue weighted by molar-refractivity contribution is 7.29. The normalized spacial score (nSPS) is 12.7. The number of aromatic nitrogens is 1. The molecule has 64 heavy (non-hydrogen) atoms. The van der Waals surface area contributed by atoms with E-state index in [9.17, 15) is 0 Å². The fourth-order valence-electron chi connectivity index (χ4n) is 10.0. The van der Waals surface area contributed by atoms with Gasteiger partial charge in [0, 0.05) is 77.2 Å². The van der Waals surface area contributed by atoms with E-state index in [2.05, 4.69) is 226 Å². The maximum atomic E-state index is 6.59. The molecule has 0 radical (unpaired) electrons. The molecule has 0 aliphatic carbocycles.